The Morgan fingerprint density at radius 3 is 0.887 bits per heavy atom. The average Bonchev–Trinajstić information content (AvgIpc) is 1.30. The van der Waals surface area contributed by atoms with Gasteiger partial charge in [0.05, 0.1) is 84.8 Å². The first kappa shape index (κ1) is 75.3. The molecule has 0 radical (unpaired) electrons. The average molecular weight is 1630 g/mol. The second-order valence-electron chi connectivity index (χ2n) is 27.2. The molecular weight excluding hydrogens is 1540 g/mol. The van der Waals surface area contributed by atoms with Crippen molar-refractivity contribution >= 4 is 99.5 Å². The van der Waals surface area contributed by atoms with Gasteiger partial charge in [-0.3, -0.25) is 0 Å². The summed E-state index contributed by atoms with van der Waals surface area (Å²) >= 11 is 18.6. The van der Waals surface area contributed by atoms with Gasteiger partial charge >= 0.3 is 18.1 Å². The van der Waals surface area contributed by atoms with E-state index >= 15 is 0 Å². The van der Waals surface area contributed by atoms with Crippen molar-refractivity contribution in [2.75, 3.05) is 16.0 Å². The summed E-state index contributed by atoms with van der Waals surface area (Å²) < 4.78 is 95.5. The normalized spacial score (nSPS) is 22.5. The Hall–Kier alpha value is -5.88. The van der Waals surface area contributed by atoms with Crippen molar-refractivity contribution < 1.29 is 89.3 Å². The number of fused-ring (bicyclic) bond motifs is 3. The van der Waals surface area contributed by atoms with Crippen molar-refractivity contribution in [1.82, 2.24) is 16.0 Å². The van der Waals surface area contributed by atoms with Gasteiger partial charge in [-0.05, 0) is 222 Å². The van der Waals surface area contributed by atoms with Crippen molar-refractivity contribution in [3.63, 3.8) is 0 Å². The first-order valence-corrected chi connectivity index (χ1v) is 37.8. The number of furan rings is 3. The fraction of sp³-hybridized carbons (Fsp3) is 0.507. The Bertz CT molecular complexity index is 3830. The van der Waals surface area contributed by atoms with Crippen LogP contribution in [-0.2, 0) is 69.8 Å². The number of aromatic hydroxyl groups is 3. The molecule has 9 aliphatic carbocycles. The van der Waals surface area contributed by atoms with Crippen LogP contribution in [0.15, 0.2) is 101 Å². The molecule has 9 aliphatic rings. The van der Waals surface area contributed by atoms with Gasteiger partial charge in [0.25, 0.3) is 0 Å². The summed E-state index contributed by atoms with van der Waals surface area (Å²) in [4.78, 5) is 36.9. The molecule has 28 heteroatoms. The molecule has 0 saturated heterocycles. The summed E-state index contributed by atoms with van der Waals surface area (Å²) in [5.74, 6) is 0.665. The van der Waals surface area contributed by atoms with E-state index in [4.69, 9.17) is 48.1 Å². The van der Waals surface area contributed by atoms with Crippen molar-refractivity contribution in [3.05, 3.63) is 130 Å². The number of phenols is 3. The maximum absolute atomic E-state index is 13.2. The molecule has 6 saturated carbocycles. The maximum atomic E-state index is 13.2. The summed E-state index contributed by atoms with van der Waals surface area (Å²) in [6.07, 6.45) is 26.1. The third-order valence-corrected chi connectivity index (χ3v) is 29.3. The molecule has 6 amide bonds. The van der Waals surface area contributed by atoms with E-state index in [0.29, 0.717) is 38.5 Å². The first-order chi connectivity index (χ1) is 44.4. The third-order valence-electron chi connectivity index (χ3n) is 21.4. The number of sulfone groups is 3. The van der Waals surface area contributed by atoms with Crippen molar-refractivity contribution in [1.29, 1.82) is 0 Å². The van der Waals surface area contributed by atoms with E-state index in [0.717, 1.165) is 150 Å². The standard InChI is InChI=1S/3C22H25ClN2O5S.2CH4.CH3.W/c3*23-15-5-6-16(24-21(27)25-17-4-1-3-13-7-10-30-19(13)17)18(26)20(15)31(28,29)14-11-22(12-14)8-2-9-22;;;;/h3*5-7,10,14,17,26H,1-4,8-9,11-12H2,(H2,24,25,27);2*1H4;1H3;/q;;;;;-1;/t2*17-;;;;;/m10...../s1. The van der Waals surface area contributed by atoms with Crippen LogP contribution in [0.1, 0.15) is 202 Å². The number of aryl methyl sites for hydroxylation is 3. The molecule has 3 atom stereocenters. The number of hydrogen-bond acceptors (Lipinski definition) is 15. The van der Waals surface area contributed by atoms with E-state index in [9.17, 15) is 55.0 Å². The molecule has 21 nitrogen and oxygen atoms in total. The van der Waals surface area contributed by atoms with Gasteiger partial charge in [-0.2, -0.15) is 0 Å². The van der Waals surface area contributed by atoms with Crippen molar-refractivity contribution in [2.24, 2.45) is 16.2 Å². The number of nitrogens with one attached hydrogen (secondary N) is 6. The molecule has 15 rings (SSSR count). The summed E-state index contributed by atoms with van der Waals surface area (Å²) in [7, 11) is -11.4. The number of rotatable bonds is 12. The summed E-state index contributed by atoms with van der Waals surface area (Å²) in [6.45, 7) is 0. The molecule has 3 aromatic heterocycles. The van der Waals surface area contributed by atoms with Crippen LogP contribution in [0.4, 0.5) is 31.4 Å². The number of hydrogen-bond donors (Lipinski definition) is 9. The van der Waals surface area contributed by atoms with E-state index in [1.165, 1.54) is 36.4 Å². The first-order valence-electron chi connectivity index (χ1n) is 32.0. The van der Waals surface area contributed by atoms with Gasteiger partial charge in [0.2, 0.25) is 0 Å². The number of phenolic OH excluding ortho intramolecular Hbond substituents is 3. The van der Waals surface area contributed by atoms with Crippen LogP contribution in [0.2, 0.25) is 15.1 Å². The Balaban J connectivity index is 0.000000167. The fourth-order valence-corrected chi connectivity index (χ4v) is 23.7. The van der Waals surface area contributed by atoms with Gasteiger partial charge in [0.1, 0.15) is 32.0 Å². The number of urea groups is 3. The zero-order valence-corrected chi connectivity index (χ0v) is 60.0. The summed E-state index contributed by atoms with van der Waals surface area (Å²) in [5, 5.41) is 46.7. The Morgan fingerprint density at radius 2 is 0.660 bits per heavy atom. The molecule has 0 bridgehead atoms. The van der Waals surface area contributed by atoms with Gasteiger partial charge in [0, 0.05) is 21.1 Å². The number of halogens is 3. The van der Waals surface area contributed by atoms with E-state index in [1.54, 1.807) is 18.8 Å². The van der Waals surface area contributed by atoms with Crippen LogP contribution in [0.5, 0.6) is 17.2 Å². The second-order valence-corrected chi connectivity index (χ2v) is 34.9. The fourth-order valence-electron chi connectivity index (χ4n) is 15.7. The topological polar surface area (TPSA) is 326 Å². The Labute approximate surface area is 597 Å². The van der Waals surface area contributed by atoms with Crippen LogP contribution in [0, 0.1) is 23.7 Å². The van der Waals surface area contributed by atoms with Gasteiger partial charge < -0.3 is 67.9 Å². The molecule has 3 aromatic carbocycles. The van der Waals surface area contributed by atoms with Gasteiger partial charge in [0.15, 0.2) is 46.8 Å². The number of amides is 6. The van der Waals surface area contributed by atoms with E-state index < -0.39 is 80.6 Å². The van der Waals surface area contributed by atoms with Gasteiger partial charge in [-0.25, -0.2) is 39.6 Å². The molecule has 0 aliphatic heterocycles. The summed E-state index contributed by atoms with van der Waals surface area (Å²) in [6, 6.07) is 11.6. The number of anilines is 3. The molecule has 1 unspecified atom stereocenters. The molecule has 6 fully saturated rings. The number of carbonyl (C=O) groups excluding carboxylic acids is 3. The number of carbonyl (C=O) groups is 3. The zero-order chi connectivity index (χ0) is 65.4. The molecule has 3 heterocycles. The minimum absolute atomic E-state index is 0. The predicted molar refractivity (Wildman–Crippen MR) is 368 cm³/mol. The molecule has 6 aromatic rings. The number of benzene rings is 3. The Kier molecular flexibility index (Phi) is 22.8. The van der Waals surface area contributed by atoms with Crippen LogP contribution < -0.4 is 31.9 Å². The molecule has 97 heavy (non-hydrogen) atoms. The van der Waals surface area contributed by atoms with E-state index in [2.05, 4.69) is 31.9 Å². The summed E-state index contributed by atoms with van der Waals surface area (Å²) in [5.41, 5.74) is 3.74. The van der Waals surface area contributed by atoms with Crippen LogP contribution in [0.3, 0.4) is 0 Å². The SMILES string of the molecule is C.C.O=C(Nc1ccc(Cl)c(S(=O)(=O)C2CC3(CCC3)C2)c1O)NC1CCCc2ccoc21.O=C(Nc1ccc(Cl)c(S(=O)(=O)C2CC3(CCC3)C2)c1O)N[C@@H]1CCCc2ccoc21.O=C(Nc1ccc(Cl)c(S(=O)(=O)C2CC3(CCC3)C2)c1O)N[C@H]1CCCc2ccoc21.[CH3-].[W]. The van der Waals surface area contributed by atoms with Gasteiger partial charge in [-0.15, -0.1) is 0 Å². The molecule has 528 valence electrons. The predicted octanol–water partition coefficient (Wildman–Crippen LogP) is 16.6. The molecule has 3 spiro atoms. The Morgan fingerprint density at radius 1 is 0.412 bits per heavy atom. The van der Waals surface area contributed by atoms with Crippen molar-refractivity contribution in [2.45, 2.75) is 218 Å². The van der Waals surface area contributed by atoms with Crippen LogP contribution in [0.25, 0.3) is 0 Å². The minimum atomic E-state index is -3.80. The van der Waals surface area contributed by atoms with Crippen LogP contribution >= 0.6 is 34.8 Å². The van der Waals surface area contributed by atoms with Gasteiger partial charge in [-0.1, -0.05) is 68.9 Å². The molecular formula is C69H86Cl3N6O15S3W-. The van der Waals surface area contributed by atoms with E-state index in [-0.39, 0.29) is 125 Å². The second kappa shape index (κ2) is 29.4. The largest absolute Gasteiger partial charge is 0.504 e. The quantitative estimate of drug-likeness (QED) is 0.0406. The third kappa shape index (κ3) is 14.6. The zero-order valence-electron chi connectivity index (χ0n) is 52.4. The van der Waals surface area contributed by atoms with Crippen LogP contribution in [-0.4, -0.2) is 74.4 Å². The molecule has 9 N–H and O–H groups in total. The minimum Gasteiger partial charge on any atom is -0.504 e. The smallest absolute Gasteiger partial charge is 0.319 e. The monoisotopic (exact) mass is 1620 g/mol. The van der Waals surface area contributed by atoms with Crippen molar-refractivity contribution in [3.8, 4) is 17.2 Å². The maximum Gasteiger partial charge on any atom is 0.319 e. The van der Waals surface area contributed by atoms with E-state index in [1.807, 2.05) is 18.2 Å².